The topological polar surface area (TPSA) is 0 Å². The van der Waals surface area contributed by atoms with Gasteiger partial charge in [0.05, 0.1) is 0 Å². The van der Waals surface area contributed by atoms with Crippen molar-refractivity contribution < 1.29 is 39.5 Å². The lowest BCUT2D eigenvalue weighted by atomic mass is 9.61. The monoisotopic (exact) mass is 316 g/mol. The van der Waals surface area contributed by atoms with Crippen molar-refractivity contribution in [2.75, 3.05) is 0 Å². The highest BCUT2D eigenvalue weighted by Gasteiger charge is 2.95. The minimum absolute atomic E-state index is 0.462. The molecule has 1 aliphatic rings. The highest BCUT2D eigenvalue weighted by atomic mass is 19.3. The molecule has 0 spiro atoms. The van der Waals surface area contributed by atoms with E-state index < -0.39 is 54.5 Å². The Morgan fingerprint density at radius 2 is 0.800 bits per heavy atom. The van der Waals surface area contributed by atoms with E-state index in [4.69, 9.17) is 0 Å². The van der Waals surface area contributed by atoms with Crippen LogP contribution in [0.1, 0.15) is 33.6 Å². The van der Waals surface area contributed by atoms with Gasteiger partial charge in [0.2, 0.25) is 17.0 Å². The van der Waals surface area contributed by atoms with Crippen molar-refractivity contribution in [1.29, 1.82) is 0 Å². The quantitative estimate of drug-likeness (QED) is 0.638. The van der Waals surface area contributed by atoms with Gasteiger partial charge in [0.15, 0.2) is 0 Å². The molecular formula is C11H13F9. The molecule has 0 amide bonds. The Bertz CT molecular complexity index is 369. The Balaban J connectivity index is 3.81. The SMILES string of the molecule is CCC1(F)C(F)(F)C(C)(F)C(F)(F)C(F)(CC)C1(F)F. The predicted octanol–water partition coefficient (Wildman–Crippen LogP) is 4.87. The van der Waals surface area contributed by atoms with Crippen molar-refractivity contribution in [1.82, 2.24) is 0 Å². The van der Waals surface area contributed by atoms with E-state index in [1.165, 1.54) is 0 Å². The van der Waals surface area contributed by atoms with Crippen molar-refractivity contribution in [3.8, 4) is 0 Å². The average Bonchev–Trinajstić information content (AvgIpc) is 2.33. The molecule has 20 heavy (non-hydrogen) atoms. The van der Waals surface area contributed by atoms with Gasteiger partial charge < -0.3 is 0 Å². The summed E-state index contributed by atoms with van der Waals surface area (Å²) in [6.07, 6.45) is -3.46. The Kier molecular flexibility index (Phi) is 3.46. The molecule has 2 unspecified atom stereocenters. The van der Waals surface area contributed by atoms with Gasteiger partial charge in [-0.1, -0.05) is 13.8 Å². The van der Waals surface area contributed by atoms with Gasteiger partial charge in [0.25, 0.3) is 0 Å². The fourth-order valence-corrected chi connectivity index (χ4v) is 2.54. The van der Waals surface area contributed by atoms with E-state index in [-0.39, 0.29) is 0 Å². The standard InChI is InChI=1S/C11H13F9/c1-4-7(13)9(15,16)6(3,12)10(17,18)8(14,5-2)11(7,19)20/h4-5H2,1-3H3. The summed E-state index contributed by atoms with van der Waals surface area (Å²) in [5, 5.41) is 0. The second-order valence-electron chi connectivity index (χ2n) is 5.04. The number of hydrogen-bond acceptors (Lipinski definition) is 0. The third kappa shape index (κ3) is 1.32. The van der Waals surface area contributed by atoms with Crippen LogP contribution >= 0.6 is 0 Å². The van der Waals surface area contributed by atoms with E-state index in [0.29, 0.717) is 13.8 Å². The maximum absolute atomic E-state index is 14.1. The van der Waals surface area contributed by atoms with Crippen molar-refractivity contribution in [3.05, 3.63) is 0 Å². The molecule has 0 N–H and O–H groups in total. The summed E-state index contributed by atoms with van der Waals surface area (Å²) in [6.45, 7) is 0.505. The lowest BCUT2D eigenvalue weighted by Gasteiger charge is -2.57. The first-order chi connectivity index (χ1) is 8.62. The number of halogens is 9. The Morgan fingerprint density at radius 3 is 1.00 bits per heavy atom. The number of alkyl halides is 9. The normalized spacial score (nSPS) is 46.2. The lowest BCUT2D eigenvalue weighted by molar-refractivity contribution is -0.431. The minimum atomic E-state index is -5.77. The molecule has 0 heterocycles. The van der Waals surface area contributed by atoms with Gasteiger partial charge in [-0.3, -0.25) is 0 Å². The summed E-state index contributed by atoms with van der Waals surface area (Å²) in [5.74, 6) is -17.3. The van der Waals surface area contributed by atoms with Crippen molar-refractivity contribution >= 4 is 0 Å². The molecule has 1 rings (SSSR count). The first-order valence-electron chi connectivity index (χ1n) is 5.82. The molecule has 0 bridgehead atoms. The molecule has 0 radical (unpaired) electrons. The largest absolute Gasteiger partial charge is 0.326 e. The molecule has 9 heteroatoms. The van der Waals surface area contributed by atoms with Crippen LogP contribution in [-0.2, 0) is 0 Å². The van der Waals surface area contributed by atoms with Crippen LogP contribution in [0.25, 0.3) is 0 Å². The maximum Gasteiger partial charge on any atom is 0.326 e. The predicted molar refractivity (Wildman–Crippen MR) is 52.6 cm³/mol. The van der Waals surface area contributed by atoms with Gasteiger partial charge in [-0.2, -0.15) is 26.3 Å². The molecule has 0 saturated heterocycles. The van der Waals surface area contributed by atoms with Crippen LogP contribution < -0.4 is 0 Å². The van der Waals surface area contributed by atoms with Gasteiger partial charge in [0, 0.05) is 0 Å². The summed E-state index contributed by atoms with van der Waals surface area (Å²) >= 11 is 0. The van der Waals surface area contributed by atoms with Gasteiger partial charge in [-0.05, 0) is 19.8 Å². The zero-order chi connectivity index (χ0) is 16.4. The van der Waals surface area contributed by atoms with Gasteiger partial charge in [-0.25, -0.2) is 13.2 Å². The van der Waals surface area contributed by atoms with Crippen molar-refractivity contribution in [2.24, 2.45) is 0 Å². The highest BCUT2D eigenvalue weighted by Crippen LogP contribution is 2.69. The first kappa shape index (κ1) is 17.4. The molecular weight excluding hydrogens is 303 g/mol. The minimum Gasteiger partial charge on any atom is -0.230 e. The van der Waals surface area contributed by atoms with E-state index in [0.717, 1.165) is 0 Å². The fourth-order valence-electron chi connectivity index (χ4n) is 2.54. The zero-order valence-electron chi connectivity index (χ0n) is 10.8. The number of hydrogen-bond donors (Lipinski definition) is 0. The Hall–Kier alpha value is -0.630. The van der Waals surface area contributed by atoms with Crippen LogP contribution in [0.5, 0.6) is 0 Å². The van der Waals surface area contributed by atoms with Crippen LogP contribution in [0.4, 0.5) is 39.5 Å². The van der Waals surface area contributed by atoms with E-state index in [9.17, 15) is 39.5 Å². The maximum atomic E-state index is 14.1. The summed E-state index contributed by atoms with van der Waals surface area (Å²) in [4.78, 5) is 0. The smallest absolute Gasteiger partial charge is 0.230 e. The molecule has 0 aromatic rings. The van der Waals surface area contributed by atoms with Gasteiger partial charge in [0.1, 0.15) is 0 Å². The Morgan fingerprint density at radius 1 is 0.550 bits per heavy atom. The summed E-state index contributed by atoms with van der Waals surface area (Å²) in [5.41, 5.74) is -15.2. The van der Waals surface area contributed by atoms with Crippen LogP contribution in [-0.4, -0.2) is 34.8 Å². The van der Waals surface area contributed by atoms with E-state index in [1.54, 1.807) is 0 Å². The second kappa shape index (κ2) is 3.97. The third-order valence-electron chi connectivity index (χ3n) is 4.14. The van der Waals surface area contributed by atoms with Crippen molar-refractivity contribution in [3.63, 3.8) is 0 Å². The average molecular weight is 316 g/mol. The molecule has 2 atom stereocenters. The first-order valence-corrected chi connectivity index (χ1v) is 5.82. The molecule has 1 saturated carbocycles. The molecule has 0 aromatic heterocycles. The fraction of sp³-hybridized carbons (Fsp3) is 1.00. The third-order valence-corrected chi connectivity index (χ3v) is 4.14. The summed E-state index contributed by atoms with van der Waals surface area (Å²) in [6, 6.07) is 0. The number of rotatable bonds is 2. The van der Waals surface area contributed by atoms with E-state index >= 15 is 0 Å². The summed E-state index contributed by atoms with van der Waals surface area (Å²) in [7, 11) is 0. The van der Waals surface area contributed by atoms with Crippen LogP contribution in [0.15, 0.2) is 0 Å². The molecule has 1 aliphatic carbocycles. The molecule has 0 aromatic carbocycles. The van der Waals surface area contributed by atoms with E-state index in [1.807, 2.05) is 0 Å². The van der Waals surface area contributed by atoms with Crippen molar-refractivity contribution in [2.45, 2.75) is 68.4 Å². The molecule has 0 nitrogen and oxygen atoms in total. The van der Waals surface area contributed by atoms with Crippen LogP contribution in [0.2, 0.25) is 0 Å². The molecule has 0 aliphatic heterocycles. The molecule has 120 valence electrons. The highest BCUT2D eigenvalue weighted by molar-refractivity contribution is 5.30. The van der Waals surface area contributed by atoms with Crippen LogP contribution in [0.3, 0.4) is 0 Å². The van der Waals surface area contributed by atoms with Crippen LogP contribution in [0, 0.1) is 0 Å². The Labute approximate surface area is 109 Å². The molecule has 1 fully saturated rings. The second-order valence-corrected chi connectivity index (χ2v) is 5.04. The van der Waals surface area contributed by atoms with Gasteiger partial charge >= 0.3 is 17.8 Å². The van der Waals surface area contributed by atoms with Gasteiger partial charge in [-0.15, -0.1) is 0 Å². The lowest BCUT2D eigenvalue weighted by Crippen LogP contribution is -2.84. The van der Waals surface area contributed by atoms with E-state index in [2.05, 4.69) is 0 Å². The summed E-state index contributed by atoms with van der Waals surface area (Å²) < 4.78 is 124. The zero-order valence-corrected chi connectivity index (χ0v) is 10.8.